The summed E-state index contributed by atoms with van der Waals surface area (Å²) >= 11 is 0. The van der Waals surface area contributed by atoms with Crippen LogP contribution in [0.3, 0.4) is 0 Å². The fraction of sp³-hybridized carbons (Fsp3) is 0.214. The third kappa shape index (κ3) is 3.85. The van der Waals surface area contributed by atoms with Crippen LogP contribution in [0.25, 0.3) is 0 Å². The van der Waals surface area contributed by atoms with E-state index < -0.39 is 11.8 Å². The number of hydrogen-bond acceptors (Lipinski definition) is 6. The van der Waals surface area contributed by atoms with Crippen LogP contribution in [0.15, 0.2) is 35.5 Å². The zero-order valence-electron chi connectivity index (χ0n) is 11.2. The molecular weight excluding hydrogens is 260 g/mol. The second-order valence-corrected chi connectivity index (χ2v) is 3.90. The molecule has 0 atom stereocenters. The van der Waals surface area contributed by atoms with Crippen molar-refractivity contribution < 1.29 is 19.1 Å². The van der Waals surface area contributed by atoms with Crippen LogP contribution < -0.4 is 10.5 Å². The Hall–Kier alpha value is -2.81. The maximum Gasteiger partial charge on any atom is 0.337 e. The minimum Gasteiger partial charge on any atom is -0.485 e. The van der Waals surface area contributed by atoms with E-state index in [0.717, 1.165) is 0 Å². The molecule has 0 spiro atoms. The summed E-state index contributed by atoms with van der Waals surface area (Å²) in [6.45, 7) is 1.18. The Kier molecular flexibility index (Phi) is 5.30. The number of nitrogens with zero attached hydrogens (tertiary/aromatic N) is 1. The number of allylic oxidation sites excluding steroid dienone is 1. The van der Waals surface area contributed by atoms with E-state index in [4.69, 9.17) is 15.7 Å². The lowest BCUT2D eigenvalue weighted by Gasteiger charge is -2.06. The number of benzene rings is 1. The van der Waals surface area contributed by atoms with Gasteiger partial charge in [0.1, 0.15) is 17.4 Å². The minimum absolute atomic E-state index is 0.115. The van der Waals surface area contributed by atoms with E-state index in [0.29, 0.717) is 11.3 Å². The zero-order valence-corrected chi connectivity index (χ0v) is 11.2. The third-order valence-electron chi connectivity index (χ3n) is 2.43. The summed E-state index contributed by atoms with van der Waals surface area (Å²) in [6.07, 6.45) is 0. The predicted molar refractivity (Wildman–Crippen MR) is 70.8 cm³/mol. The fourth-order valence-electron chi connectivity index (χ4n) is 1.40. The molecule has 0 aliphatic heterocycles. The van der Waals surface area contributed by atoms with Crippen molar-refractivity contribution >= 4 is 11.8 Å². The molecule has 0 fully saturated rings. The maximum atomic E-state index is 11.7. The molecule has 0 aliphatic carbocycles. The fourth-order valence-corrected chi connectivity index (χ4v) is 1.40. The Labute approximate surface area is 116 Å². The molecule has 0 saturated carbocycles. The van der Waals surface area contributed by atoms with E-state index >= 15 is 0 Å². The lowest BCUT2D eigenvalue weighted by Crippen LogP contribution is -2.16. The molecule has 1 aromatic rings. The van der Waals surface area contributed by atoms with Gasteiger partial charge in [-0.3, -0.25) is 4.79 Å². The minimum atomic E-state index is -0.496. The Morgan fingerprint density at radius 2 is 1.90 bits per heavy atom. The monoisotopic (exact) mass is 274 g/mol. The van der Waals surface area contributed by atoms with Crippen LogP contribution in [0.5, 0.6) is 5.75 Å². The van der Waals surface area contributed by atoms with E-state index in [9.17, 15) is 9.59 Å². The highest BCUT2D eigenvalue weighted by Crippen LogP contribution is 2.13. The first kappa shape index (κ1) is 15.2. The van der Waals surface area contributed by atoms with Crippen molar-refractivity contribution in [2.75, 3.05) is 13.7 Å². The molecule has 0 radical (unpaired) electrons. The highest BCUT2D eigenvalue weighted by molar-refractivity contribution is 6.00. The Morgan fingerprint density at radius 1 is 1.30 bits per heavy atom. The standard InChI is InChI=1S/C14H14N2O4/c1-9(16)12(7-15)13(17)8-20-11-5-3-10(4-6-11)14(18)19-2/h3-6H,8,16H2,1-2H3/b12-9-. The Bertz CT molecular complexity index is 578. The van der Waals surface area contributed by atoms with Gasteiger partial charge >= 0.3 is 5.97 Å². The SMILES string of the molecule is COC(=O)c1ccc(OCC(=O)/C(C#N)=C(/C)N)cc1. The summed E-state index contributed by atoms with van der Waals surface area (Å²) in [4.78, 5) is 22.9. The second-order valence-electron chi connectivity index (χ2n) is 3.90. The van der Waals surface area contributed by atoms with Crippen molar-refractivity contribution in [1.29, 1.82) is 5.26 Å². The smallest absolute Gasteiger partial charge is 0.337 e. The van der Waals surface area contributed by atoms with E-state index in [1.54, 1.807) is 6.07 Å². The quantitative estimate of drug-likeness (QED) is 0.491. The molecule has 0 aromatic heterocycles. The summed E-state index contributed by atoms with van der Waals surface area (Å²) in [5.41, 5.74) is 5.83. The first-order valence-corrected chi connectivity index (χ1v) is 5.70. The van der Waals surface area contributed by atoms with E-state index in [2.05, 4.69) is 4.74 Å². The molecular formula is C14H14N2O4. The predicted octanol–water partition coefficient (Wildman–Crippen LogP) is 1.18. The molecule has 0 saturated heterocycles. The van der Waals surface area contributed by atoms with Gasteiger partial charge in [-0.2, -0.15) is 5.26 Å². The normalized spacial score (nSPS) is 11.1. The summed E-state index contributed by atoms with van der Waals surface area (Å²) < 4.78 is 9.78. The molecule has 6 nitrogen and oxygen atoms in total. The largest absolute Gasteiger partial charge is 0.485 e. The van der Waals surface area contributed by atoms with Gasteiger partial charge in [-0.25, -0.2) is 4.79 Å². The average Bonchev–Trinajstić information content (AvgIpc) is 2.45. The molecule has 6 heteroatoms. The van der Waals surface area contributed by atoms with Gasteiger partial charge in [0, 0.05) is 5.70 Å². The van der Waals surface area contributed by atoms with Crippen molar-refractivity contribution in [3.8, 4) is 11.8 Å². The number of nitriles is 1. The molecule has 104 valence electrons. The first-order chi connectivity index (χ1) is 9.49. The van der Waals surface area contributed by atoms with Gasteiger partial charge in [0.25, 0.3) is 0 Å². The summed E-state index contributed by atoms with van der Waals surface area (Å²) in [6, 6.07) is 7.83. The molecule has 2 N–H and O–H groups in total. The van der Waals surface area contributed by atoms with Gasteiger partial charge < -0.3 is 15.2 Å². The number of rotatable bonds is 5. The first-order valence-electron chi connectivity index (χ1n) is 5.70. The summed E-state index contributed by atoms with van der Waals surface area (Å²) in [5.74, 6) is -0.552. The lowest BCUT2D eigenvalue weighted by atomic mass is 10.1. The number of esters is 1. The second kappa shape index (κ2) is 6.95. The molecule has 0 amide bonds. The Balaban J connectivity index is 2.68. The van der Waals surface area contributed by atoms with Gasteiger partial charge in [0.05, 0.1) is 12.7 Å². The van der Waals surface area contributed by atoms with Gasteiger partial charge in [-0.15, -0.1) is 0 Å². The highest BCUT2D eigenvalue weighted by atomic mass is 16.5. The lowest BCUT2D eigenvalue weighted by molar-refractivity contribution is -0.117. The number of nitrogens with two attached hydrogens (primary N) is 1. The van der Waals surface area contributed by atoms with Crippen LogP contribution in [0.1, 0.15) is 17.3 Å². The molecule has 0 unspecified atom stereocenters. The molecule has 20 heavy (non-hydrogen) atoms. The number of ether oxygens (including phenoxy) is 2. The van der Waals surface area contributed by atoms with Crippen LogP contribution in [0.4, 0.5) is 0 Å². The van der Waals surface area contributed by atoms with Crippen LogP contribution in [0.2, 0.25) is 0 Å². The number of carbonyl (C=O) groups is 2. The number of ketones is 1. The van der Waals surface area contributed by atoms with Crippen LogP contribution in [-0.2, 0) is 9.53 Å². The van der Waals surface area contributed by atoms with Gasteiger partial charge in [-0.05, 0) is 31.2 Å². The molecule has 1 aromatic carbocycles. The van der Waals surface area contributed by atoms with Gasteiger partial charge in [-0.1, -0.05) is 0 Å². The van der Waals surface area contributed by atoms with Crippen LogP contribution >= 0.6 is 0 Å². The van der Waals surface area contributed by atoms with Crippen LogP contribution in [0, 0.1) is 11.3 Å². The number of hydrogen-bond donors (Lipinski definition) is 1. The third-order valence-corrected chi connectivity index (χ3v) is 2.43. The molecule has 0 aliphatic rings. The van der Waals surface area contributed by atoms with Gasteiger partial charge in [0.15, 0.2) is 6.61 Å². The summed E-state index contributed by atoms with van der Waals surface area (Å²) in [5, 5.41) is 8.77. The molecule has 0 heterocycles. The average molecular weight is 274 g/mol. The molecule has 0 bridgehead atoms. The van der Waals surface area contributed by atoms with Crippen molar-refractivity contribution in [2.45, 2.75) is 6.92 Å². The zero-order chi connectivity index (χ0) is 15.1. The number of methoxy groups -OCH3 is 1. The Morgan fingerprint density at radius 3 is 2.35 bits per heavy atom. The van der Waals surface area contributed by atoms with Crippen LogP contribution in [-0.4, -0.2) is 25.5 Å². The number of Topliss-reactive ketones (excluding diaryl/α,β-unsaturated/α-hetero) is 1. The maximum absolute atomic E-state index is 11.7. The summed E-state index contributed by atoms with van der Waals surface area (Å²) in [7, 11) is 1.29. The van der Waals surface area contributed by atoms with E-state index in [1.807, 2.05) is 0 Å². The van der Waals surface area contributed by atoms with Crippen molar-refractivity contribution in [3.63, 3.8) is 0 Å². The van der Waals surface area contributed by atoms with Crippen molar-refractivity contribution in [2.24, 2.45) is 5.73 Å². The number of carbonyl (C=O) groups excluding carboxylic acids is 2. The molecule has 1 rings (SSSR count). The van der Waals surface area contributed by atoms with E-state index in [1.165, 1.54) is 38.3 Å². The highest BCUT2D eigenvalue weighted by Gasteiger charge is 2.12. The van der Waals surface area contributed by atoms with Crippen molar-refractivity contribution in [3.05, 3.63) is 41.1 Å². The van der Waals surface area contributed by atoms with Crippen molar-refractivity contribution in [1.82, 2.24) is 0 Å². The van der Waals surface area contributed by atoms with E-state index in [-0.39, 0.29) is 17.9 Å². The topological polar surface area (TPSA) is 102 Å². The van der Waals surface area contributed by atoms with Gasteiger partial charge in [0.2, 0.25) is 5.78 Å².